The number of hydrogen-bond acceptors (Lipinski definition) is 9. The fraction of sp³-hybridized carbons (Fsp3) is 0.478. The number of alkyl carbamates (subject to hydrolysis) is 1. The first-order chi connectivity index (χ1) is 16.7. The Morgan fingerprint density at radius 1 is 1.22 bits per heavy atom. The van der Waals surface area contributed by atoms with Gasteiger partial charge < -0.3 is 35.8 Å². The molecule has 0 saturated heterocycles. The highest BCUT2D eigenvalue weighted by Crippen LogP contribution is 2.32. The van der Waals surface area contributed by atoms with Crippen molar-refractivity contribution in [1.82, 2.24) is 15.5 Å². The van der Waals surface area contributed by atoms with Gasteiger partial charge in [0.05, 0.1) is 19.6 Å². The number of carbonyl (C=O) groups excluding carboxylic acids is 5. The summed E-state index contributed by atoms with van der Waals surface area (Å²) in [4.78, 5) is 63.0. The summed E-state index contributed by atoms with van der Waals surface area (Å²) >= 11 is 0. The van der Waals surface area contributed by atoms with E-state index in [0.717, 1.165) is 12.0 Å². The van der Waals surface area contributed by atoms with Gasteiger partial charge in [0.2, 0.25) is 17.7 Å². The number of nitrogens with two attached hydrogens (primary N) is 1. The molecule has 0 fully saturated rings. The highest BCUT2D eigenvalue weighted by molar-refractivity contribution is 5.95. The number of primary amides is 1. The number of nitrogens with zero attached hydrogens (tertiary/aromatic N) is 2. The molecule has 0 aromatic heterocycles. The highest BCUT2D eigenvalue weighted by Gasteiger charge is 2.38. The van der Waals surface area contributed by atoms with Crippen LogP contribution in [0.4, 0.5) is 4.79 Å². The van der Waals surface area contributed by atoms with E-state index < -0.39 is 67.0 Å². The molecule has 2 atom stereocenters. The Morgan fingerprint density at radius 2 is 1.86 bits per heavy atom. The Balaban J connectivity index is 3.53. The van der Waals surface area contributed by atoms with Crippen LogP contribution in [0.3, 0.4) is 0 Å². The molecule has 4 amide bonds. The zero-order chi connectivity index (χ0) is 27.6. The minimum atomic E-state index is -1.63. The number of hydrogen-bond donors (Lipinski definition) is 4. The third kappa shape index (κ3) is 8.79. The number of aromatic hydroxyl groups is 1. The quantitative estimate of drug-likeness (QED) is 0.252. The molecule has 1 aromatic rings. The summed E-state index contributed by atoms with van der Waals surface area (Å²) < 4.78 is 9.64. The van der Waals surface area contributed by atoms with E-state index in [1.54, 1.807) is 39.8 Å². The van der Waals surface area contributed by atoms with Gasteiger partial charge in [-0.25, -0.2) is 4.79 Å². The first kappa shape index (κ1) is 29.7. The number of esters is 1. The Morgan fingerprint density at radius 3 is 2.39 bits per heavy atom. The Hall–Kier alpha value is -4.34. The SMILES string of the molecule is COC(=O)CNC(=O)C(c1cccc(C)c1O)N(CC#N)C(=O)C(CC(N)=O)NC(=O)OC(C)(C)C. The van der Waals surface area contributed by atoms with E-state index in [9.17, 15) is 34.3 Å². The fourth-order valence-corrected chi connectivity index (χ4v) is 3.10. The van der Waals surface area contributed by atoms with E-state index in [4.69, 9.17) is 10.5 Å². The average Bonchev–Trinajstić information content (AvgIpc) is 2.77. The van der Waals surface area contributed by atoms with Gasteiger partial charge in [-0.1, -0.05) is 18.2 Å². The van der Waals surface area contributed by atoms with Gasteiger partial charge in [-0.05, 0) is 33.3 Å². The van der Waals surface area contributed by atoms with Gasteiger partial charge >= 0.3 is 12.1 Å². The third-order valence-corrected chi connectivity index (χ3v) is 4.68. The molecule has 0 saturated carbocycles. The van der Waals surface area contributed by atoms with Gasteiger partial charge in [-0.3, -0.25) is 19.2 Å². The van der Waals surface area contributed by atoms with Gasteiger partial charge in [-0.15, -0.1) is 0 Å². The molecule has 0 aliphatic heterocycles. The number of methoxy groups -OCH3 is 1. The van der Waals surface area contributed by atoms with Crippen LogP contribution in [-0.4, -0.2) is 71.6 Å². The zero-order valence-corrected chi connectivity index (χ0v) is 20.8. The number of para-hydroxylation sites is 1. The van der Waals surface area contributed by atoms with Crippen LogP contribution in [0, 0.1) is 18.3 Å². The van der Waals surface area contributed by atoms with Crippen LogP contribution >= 0.6 is 0 Å². The fourth-order valence-electron chi connectivity index (χ4n) is 3.10. The van der Waals surface area contributed by atoms with Crippen LogP contribution in [0.1, 0.15) is 44.4 Å². The van der Waals surface area contributed by atoms with Crippen LogP contribution < -0.4 is 16.4 Å². The lowest BCUT2D eigenvalue weighted by atomic mass is 9.99. The van der Waals surface area contributed by atoms with Crippen LogP contribution in [-0.2, 0) is 28.7 Å². The number of rotatable bonds is 10. The minimum absolute atomic E-state index is 0.0592. The van der Waals surface area contributed by atoms with Gasteiger partial charge in [0.15, 0.2) is 0 Å². The van der Waals surface area contributed by atoms with Crippen LogP contribution in [0.5, 0.6) is 5.75 Å². The number of phenols is 1. The molecular weight excluding hydrogens is 474 g/mol. The van der Waals surface area contributed by atoms with Crippen molar-refractivity contribution in [2.45, 2.75) is 51.8 Å². The molecule has 0 heterocycles. The number of nitriles is 1. The summed E-state index contributed by atoms with van der Waals surface area (Å²) in [6.07, 6.45) is -1.71. The maximum atomic E-state index is 13.5. The molecule has 13 nitrogen and oxygen atoms in total. The lowest BCUT2D eigenvalue weighted by Crippen LogP contribution is -2.54. The number of ether oxygens (including phenoxy) is 2. The highest BCUT2D eigenvalue weighted by atomic mass is 16.6. The minimum Gasteiger partial charge on any atom is -0.507 e. The number of benzene rings is 1. The van der Waals surface area contributed by atoms with Gasteiger partial charge in [-0.2, -0.15) is 5.26 Å². The van der Waals surface area contributed by atoms with Crippen molar-refractivity contribution >= 4 is 29.8 Å². The maximum absolute atomic E-state index is 13.5. The zero-order valence-electron chi connectivity index (χ0n) is 20.8. The van der Waals surface area contributed by atoms with Crippen molar-refractivity contribution in [2.24, 2.45) is 5.73 Å². The number of carbonyl (C=O) groups is 5. The number of amides is 4. The number of nitrogens with one attached hydrogen (secondary N) is 2. The van der Waals surface area contributed by atoms with Crippen molar-refractivity contribution in [2.75, 3.05) is 20.2 Å². The summed E-state index contributed by atoms with van der Waals surface area (Å²) in [6, 6.07) is 2.95. The first-order valence-corrected chi connectivity index (χ1v) is 10.8. The summed E-state index contributed by atoms with van der Waals surface area (Å²) in [5, 5.41) is 24.6. The molecular formula is C23H31N5O8. The van der Waals surface area contributed by atoms with E-state index in [2.05, 4.69) is 15.4 Å². The second-order valence-electron chi connectivity index (χ2n) is 8.70. The molecule has 0 bridgehead atoms. The monoisotopic (exact) mass is 505 g/mol. The van der Waals surface area contributed by atoms with Crippen molar-refractivity contribution in [3.8, 4) is 11.8 Å². The first-order valence-electron chi connectivity index (χ1n) is 10.8. The molecule has 13 heteroatoms. The average molecular weight is 506 g/mol. The predicted octanol–water partition coefficient (Wildman–Crippen LogP) is 0.152. The lowest BCUT2D eigenvalue weighted by Gasteiger charge is -2.33. The second kappa shape index (κ2) is 12.9. The smallest absolute Gasteiger partial charge is 0.408 e. The van der Waals surface area contributed by atoms with Crippen molar-refractivity contribution in [1.29, 1.82) is 5.26 Å². The summed E-state index contributed by atoms with van der Waals surface area (Å²) in [5.74, 6) is -4.03. The molecule has 1 rings (SSSR count). The predicted molar refractivity (Wildman–Crippen MR) is 125 cm³/mol. The maximum Gasteiger partial charge on any atom is 0.408 e. The van der Waals surface area contributed by atoms with Crippen LogP contribution in [0.25, 0.3) is 0 Å². The summed E-state index contributed by atoms with van der Waals surface area (Å²) in [7, 11) is 1.11. The number of phenolic OH excluding ortho intramolecular Hbond substituents is 1. The van der Waals surface area contributed by atoms with Gasteiger partial charge in [0.25, 0.3) is 0 Å². The molecule has 0 spiro atoms. The Kier molecular flexibility index (Phi) is 10.7. The van der Waals surface area contributed by atoms with E-state index in [1.807, 2.05) is 0 Å². The van der Waals surface area contributed by atoms with Crippen molar-refractivity contribution in [3.05, 3.63) is 29.3 Å². The van der Waals surface area contributed by atoms with E-state index in [0.29, 0.717) is 5.56 Å². The molecule has 1 aromatic carbocycles. The third-order valence-electron chi connectivity index (χ3n) is 4.68. The van der Waals surface area contributed by atoms with E-state index in [-0.39, 0.29) is 11.3 Å². The topological polar surface area (TPSA) is 201 Å². The lowest BCUT2D eigenvalue weighted by molar-refractivity contribution is -0.144. The van der Waals surface area contributed by atoms with E-state index >= 15 is 0 Å². The molecule has 196 valence electrons. The molecule has 0 radical (unpaired) electrons. The molecule has 0 aliphatic carbocycles. The summed E-state index contributed by atoms with van der Waals surface area (Å²) in [5.41, 5.74) is 4.63. The van der Waals surface area contributed by atoms with Crippen LogP contribution in [0.2, 0.25) is 0 Å². The van der Waals surface area contributed by atoms with Crippen molar-refractivity contribution in [3.63, 3.8) is 0 Å². The molecule has 2 unspecified atom stereocenters. The largest absolute Gasteiger partial charge is 0.507 e. The summed E-state index contributed by atoms with van der Waals surface area (Å²) in [6.45, 7) is 5.06. The molecule has 5 N–H and O–H groups in total. The van der Waals surface area contributed by atoms with Gasteiger partial charge in [0, 0.05) is 5.56 Å². The molecule has 36 heavy (non-hydrogen) atoms. The molecule has 0 aliphatic rings. The second-order valence-corrected chi connectivity index (χ2v) is 8.70. The Labute approximate surface area is 208 Å². The Bertz CT molecular complexity index is 1040. The standard InChI is InChI=1S/C23H31N5O8/c1-13-7-6-8-14(19(13)31)18(20(32)26-12-17(30)35-5)28(10-9-24)21(33)15(11-16(25)29)27-22(34)36-23(2,3)4/h6-8,15,18,31H,10-12H2,1-5H3,(H2,25,29)(H,26,32)(H,27,34). The number of aryl methyl sites for hydroxylation is 1. The van der Waals surface area contributed by atoms with Crippen LogP contribution in [0.15, 0.2) is 18.2 Å². The van der Waals surface area contributed by atoms with Gasteiger partial charge in [0.1, 0.15) is 36.5 Å². The van der Waals surface area contributed by atoms with Crippen molar-refractivity contribution < 1.29 is 38.6 Å². The normalized spacial score (nSPS) is 12.3. The van der Waals surface area contributed by atoms with E-state index in [1.165, 1.54) is 12.1 Å².